The van der Waals surface area contributed by atoms with Gasteiger partial charge in [-0.1, -0.05) is 24.3 Å². The number of carbonyl (C=O) groups is 1. The van der Waals surface area contributed by atoms with Crippen LogP contribution in [0.2, 0.25) is 0 Å². The maximum Gasteiger partial charge on any atom is 0.329 e. The van der Waals surface area contributed by atoms with E-state index in [9.17, 15) is 4.79 Å². The number of likely N-dealkylation sites (tertiary alicyclic amines) is 1. The SMILES string of the molecule is O=C(O)COC1CCN(CC2CC(c3ccc(C=NN4CCCC4)cc3)NO2)CC1. The van der Waals surface area contributed by atoms with Crippen molar-refractivity contribution in [3.63, 3.8) is 0 Å². The summed E-state index contributed by atoms with van der Waals surface area (Å²) in [6.07, 6.45) is 7.32. The van der Waals surface area contributed by atoms with Gasteiger partial charge in [-0.15, -0.1) is 0 Å². The van der Waals surface area contributed by atoms with E-state index in [0.717, 1.165) is 57.5 Å². The number of nitrogens with zero attached hydrogens (tertiary/aromatic N) is 3. The lowest BCUT2D eigenvalue weighted by atomic mass is 10.0. The number of carboxylic acids is 1. The summed E-state index contributed by atoms with van der Waals surface area (Å²) in [5, 5.41) is 15.4. The van der Waals surface area contributed by atoms with Crippen molar-refractivity contribution in [2.45, 2.75) is 50.4 Å². The fourth-order valence-corrected chi connectivity index (χ4v) is 4.37. The molecule has 3 aliphatic heterocycles. The van der Waals surface area contributed by atoms with E-state index in [2.05, 4.69) is 44.8 Å². The molecule has 3 saturated heterocycles. The lowest BCUT2D eigenvalue weighted by Crippen LogP contribution is -2.41. The molecule has 8 nitrogen and oxygen atoms in total. The minimum atomic E-state index is -0.902. The Bertz CT molecular complexity index is 712. The zero-order valence-corrected chi connectivity index (χ0v) is 17.4. The molecule has 3 fully saturated rings. The van der Waals surface area contributed by atoms with Crippen LogP contribution >= 0.6 is 0 Å². The maximum absolute atomic E-state index is 10.6. The number of benzene rings is 1. The largest absolute Gasteiger partial charge is 0.480 e. The number of nitrogens with one attached hydrogen (secondary N) is 1. The average molecular weight is 417 g/mol. The van der Waals surface area contributed by atoms with Gasteiger partial charge < -0.3 is 14.7 Å². The number of piperidine rings is 1. The molecule has 2 N–H and O–H groups in total. The van der Waals surface area contributed by atoms with Crippen LogP contribution in [0.4, 0.5) is 0 Å². The first kappa shape index (κ1) is 21.2. The van der Waals surface area contributed by atoms with Crippen LogP contribution in [-0.2, 0) is 14.4 Å². The van der Waals surface area contributed by atoms with Gasteiger partial charge in [0.15, 0.2) is 0 Å². The molecule has 0 radical (unpaired) electrons. The third-order valence-electron chi connectivity index (χ3n) is 6.11. The summed E-state index contributed by atoms with van der Waals surface area (Å²) in [6.45, 7) is 4.64. The molecule has 2 atom stereocenters. The number of carboxylic acid groups (broad SMARTS) is 1. The third-order valence-corrected chi connectivity index (χ3v) is 6.11. The molecule has 0 spiro atoms. The van der Waals surface area contributed by atoms with Crippen molar-refractivity contribution in [1.82, 2.24) is 15.4 Å². The lowest BCUT2D eigenvalue weighted by molar-refractivity contribution is -0.145. The number of ether oxygens (including phenoxy) is 1. The summed E-state index contributed by atoms with van der Waals surface area (Å²) < 4.78 is 5.41. The molecule has 0 bridgehead atoms. The molecule has 1 aromatic rings. The van der Waals surface area contributed by atoms with Gasteiger partial charge in [0.2, 0.25) is 0 Å². The smallest absolute Gasteiger partial charge is 0.329 e. The summed E-state index contributed by atoms with van der Waals surface area (Å²) >= 11 is 0. The van der Waals surface area contributed by atoms with Gasteiger partial charge in [0.05, 0.1) is 24.5 Å². The Balaban J connectivity index is 1.19. The molecule has 3 heterocycles. The topological polar surface area (TPSA) is 86.6 Å². The Labute approximate surface area is 177 Å². The summed E-state index contributed by atoms with van der Waals surface area (Å²) in [6, 6.07) is 8.74. The van der Waals surface area contributed by atoms with Gasteiger partial charge in [-0.25, -0.2) is 4.79 Å². The monoisotopic (exact) mass is 416 g/mol. The molecular formula is C22H32N4O4. The number of rotatable bonds is 8. The van der Waals surface area contributed by atoms with Crippen LogP contribution in [-0.4, -0.2) is 78.7 Å². The zero-order valence-electron chi connectivity index (χ0n) is 17.4. The van der Waals surface area contributed by atoms with Gasteiger partial charge in [0.25, 0.3) is 0 Å². The van der Waals surface area contributed by atoms with Gasteiger partial charge in [-0.3, -0.25) is 9.85 Å². The molecule has 1 aromatic carbocycles. The van der Waals surface area contributed by atoms with Crippen LogP contribution in [0.5, 0.6) is 0 Å². The minimum absolute atomic E-state index is 0.0558. The Hall–Kier alpha value is -2.00. The van der Waals surface area contributed by atoms with Crippen LogP contribution in [0.3, 0.4) is 0 Å². The number of aliphatic carboxylic acids is 1. The van der Waals surface area contributed by atoms with Crippen molar-refractivity contribution >= 4 is 12.2 Å². The van der Waals surface area contributed by atoms with E-state index in [0.29, 0.717) is 0 Å². The predicted octanol–water partition coefficient (Wildman–Crippen LogP) is 2.02. The van der Waals surface area contributed by atoms with Crippen molar-refractivity contribution in [2.24, 2.45) is 5.10 Å². The number of hydrogen-bond donors (Lipinski definition) is 2. The van der Waals surface area contributed by atoms with E-state index in [1.807, 2.05) is 6.21 Å². The first-order valence-corrected chi connectivity index (χ1v) is 11.0. The van der Waals surface area contributed by atoms with E-state index in [1.54, 1.807) is 0 Å². The molecule has 0 aliphatic carbocycles. The van der Waals surface area contributed by atoms with E-state index >= 15 is 0 Å². The molecule has 30 heavy (non-hydrogen) atoms. The summed E-state index contributed by atoms with van der Waals surface area (Å²) in [5.41, 5.74) is 5.54. The first-order valence-electron chi connectivity index (χ1n) is 11.0. The van der Waals surface area contributed by atoms with Crippen LogP contribution in [0, 0.1) is 0 Å². The van der Waals surface area contributed by atoms with Crippen LogP contribution in [0.15, 0.2) is 29.4 Å². The van der Waals surface area contributed by atoms with Crippen molar-refractivity contribution < 1.29 is 19.5 Å². The summed E-state index contributed by atoms with van der Waals surface area (Å²) in [7, 11) is 0. The Kier molecular flexibility index (Phi) is 7.33. The fourth-order valence-electron chi connectivity index (χ4n) is 4.37. The highest BCUT2D eigenvalue weighted by atomic mass is 16.7. The maximum atomic E-state index is 10.6. The molecule has 4 rings (SSSR count). The highest BCUT2D eigenvalue weighted by Gasteiger charge is 2.30. The van der Waals surface area contributed by atoms with Crippen LogP contribution < -0.4 is 5.48 Å². The van der Waals surface area contributed by atoms with Crippen molar-refractivity contribution in [3.8, 4) is 0 Å². The zero-order chi connectivity index (χ0) is 20.8. The second-order valence-electron chi connectivity index (χ2n) is 8.42. The average Bonchev–Trinajstić information content (AvgIpc) is 3.44. The van der Waals surface area contributed by atoms with Gasteiger partial charge in [0.1, 0.15) is 6.61 Å². The molecule has 0 aromatic heterocycles. The third kappa shape index (κ3) is 6.01. The summed E-state index contributed by atoms with van der Waals surface area (Å²) in [4.78, 5) is 18.8. The van der Waals surface area contributed by atoms with Gasteiger partial charge >= 0.3 is 5.97 Å². The van der Waals surface area contributed by atoms with Gasteiger partial charge in [-0.2, -0.15) is 10.6 Å². The van der Waals surface area contributed by atoms with Crippen molar-refractivity contribution in [2.75, 3.05) is 39.3 Å². The molecule has 2 unspecified atom stereocenters. The second kappa shape index (κ2) is 10.3. The Morgan fingerprint density at radius 1 is 1.20 bits per heavy atom. The van der Waals surface area contributed by atoms with E-state index < -0.39 is 5.97 Å². The van der Waals surface area contributed by atoms with Crippen molar-refractivity contribution in [1.29, 1.82) is 0 Å². The minimum Gasteiger partial charge on any atom is -0.480 e. The Morgan fingerprint density at radius 2 is 1.93 bits per heavy atom. The Morgan fingerprint density at radius 3 is 2.63 bits per heavy atom. The molecule has 3 aliphatic rings. The van der Waals surface area contributed by atoms with Gasteiger partial charge in [-0.05, 0) is 43.2 Å². The van der Waals surface area contributed by atoms with Gasteiger partial charge in [0, 0.05) is 32.7 Å². The number of hydroxylamine groups is 1. The lowest BCUT2D eigenvalue weighted by Gasteiger charge is -2.32. The predicted molar refractivity (Wildman–Crippen MR) is 113 cm³/mol. The normalized spacial score (nSPS) is 26.1. The van der Waals surface area contributed by atoms with E-state index in [-0.39, 0.29) is 24.9 Å². The van der Waals surface area contributed by atoms with E-state index in [1.165, 1.54) is 18.4 Å². The highest BCUT2D eigenvalue weighted by Crippen LogP contribution is 2.27. The second-order valence-corrected chi connectivity index (χ2v) is 8.42. The number of hydrazone groups is 1. The molecule has 164 valence electrons. The molecular weight excluding hydrogens is 384 g/mol. The molecule has 0 amide bonds. The van der Waals surface area contributed by atoms with E-state index in [4.69, 9.17) is 14.7 Å². The first-order chi connectivity index (χ1) is 14.7. The molecule has 8 heteroatoms. The van der Waals surface area contributed by atoms with Crippen molar-refractivity contribution in [3.05, 3.63) is 35.4 Å². The standard InChI is InChI=1S/C22H32N4O4/c27-22(28)16-29-19-7-11-25(12-8-19)15-20-13-21(24-30-20)18-5-3-17(4-6-18)14-23-26-9-1-2-10-26/h3-6,14,19-21,24H,1-2,7-13,15-16H2,(H,27,28). The quantitative estimate of drug-likeness (QED) is 0.627. The van der Waals surface area contributed by atoms with Crippen LogP contribution in [0.1, 0.15) is 49.3 Å². The summed E-state index contributed by atoms with van der Waals surface area (Å²) in [5.74, 6) is -0.902. The number of hydrogen-bond acceptors (Lipinski definition) is 7. The highest BCUT2D eigenvalue weighted by molar-refractivity contribution is 5.79. The fraction of sp³-hybridized carbons (Fsp3) is 0.636. The van der Waals surface area contributed by atoms with Crippen LogP contribution in [0.25, 0.3) is 0 Å². The molecule has 0 saturated carbocycles.